The molecule has 1 unspecified atom stereocenters. The van der Waals surface area contributed by atoms with E-state index < -0.39 is 0 Å². The van der Waals surface area contributed by atoms with E-state index in [0.29, 0.717) is 0 Å². The second-order valence-corrected chi connectivity index (χ2v) is 5.06. The number of anilines is 1. The van der Waals surface area contributed by atoms with Gasteiger partial charge in [0, 0.05) is 17.9 Å². The maximum Gasteiger partial charge on any atom is 0.267 e. The molecule has 0 fully saturated rings. The van der Waals surface area contributed by atoms with Crippen molar-refractivity contribution >= 4 is 11.6 Å². The van der Waals surface area contributed by atoms with Crippen LogP contribution in [0.2, 0.25) is 0 Å². The zero-order chi connectivity index (χ0) is 15.8. The fraction of sp³-hybridized carbons (Fsp3) is 0.412. The van der Waals surface area contributed by atoms with Gasteiger partial charge in [-0.15, -0.1) is 0 Å². The molecule has 1 rings (SSSR count). The molecule has 4 nitrogen and oxygen atoms in total. The second kappa shape index (κ2) is 8.11. The average Bonchev–Trinajstić information content (AvgIpc) is 2.49. The topological polar surface area (TPSA) is 64.9 Å². The fourth-order valence-corrected chi connectivity index (χ4v) is 1.87. The Morgan fingerprint density at radius 2 is 2.14 bits per heavy atom. The lowest BCUT2D eigenvalue weighted by Crippen LogP contribution is -2.23. The number of nitrogens with one attached hydrogen (secondary N) is 2. The molecule has 0 saturated heterocycles. The van der Waals surface area contributed by atoms with Gasteiger partial charge in [0.25, 0.3) is 5.91 Å². The minimum absolute atomic E-state index is 0.0839. The molecule has 2 N–H and O–H groups in total. The lowest BCUT2D eigenvalue weighted by atomic mass is 10.1. The Morgan fingerprint density at radius 3 is 2.71 bits per heavy atom. The van der Waals surface area contributed by atoms with Crippen molar-refractivity contribution in [1.82, 2.24) is 5.32 Å². The summed E-state index contributed by atoms with van der Waals surface area (Å²) in [7, 11) is 0. The molecule has 1 aromatic carbocycles. The summed E-state index contributed by atoms with van der Waals surface area (Å²) in [5.41, 5.74) is 2.95. The van der Waals surface area contributed by atoms with Crippen molar-refractivity contribution in [2.75, 3.05) is 5.32 Å². The van der Waals surface area contributed by atoms with Crippen molar-refractivity contribution < 1.29 is 4.79 Å². The van der Waals surface area contributed by atoms with Gasteiger partial charge in [-0.05, 0) is 37.8 Å². The van der Waals surface area contributed by atoms with Crippen molar-refractivity contribution in [2.45, 2.75) is 46.6 Å². The molecule has 1 atom stereocenters. The first kappa shape index (κ1) is 16.8. The number of amides is 1. The molecular weight excluding hydrogens is 262 g/mol. The smallest absolute Gasteiger partial charge is 0.267 e. The summed E-state index contributed by atoms with van der Waals surface area (Å²) in [5, 5.41) is 15.0. The van der Waals surface area contributed by atoms with Crippen LogP contribution in [-0.4, -0.2) is 11.9 Å². The molecule has 0 bridgehead atoms. The zero-order valence-corrected chi connectivity index (χ0v) is 13.2. The highest BCUT2D eigenvalue weighted by Gasteiger charge is 2.13. The number of carbonyl (C=O) groups is 1. The number of nitriles is 1. The monoisotopic (exact) mass is 285 g/mol. The van der Waals surface area contributed by atoms with Crippen LogP contribution in [0.25, 0.3) is 0 Å². The first-order valence-corrected chi connectivity index (χ1v) is 7.29. The number of para-hydroxylation sites is 1. The number of nitrogens with zero attached hydrogens (tertiary/aromatic N) is 1. The third-order valence-electron chi connectivity index (χ3n) is 3.47. The maximum atomic E-state index is 12.2. The number of hydrogen-bond acceptors (Lipinski definition) is 3. The number of benzene rings is 1. The first-order valence-electron chi connectivity index (χ1n) is 7.29. The van der Waals surface area contributed by atoms with E-state index in [1.54, 1.807) is 0 Å². The standard InChI is InChI=1S/C17H23N3O/c1-5-13(4)19-11-15(10-18)17(21)20-16-12(3)8-7-9-14(16)6-2/h7-9,11,13,19H,5-6H2,1-4H3,(H,20,21)/b15-11-. The van der Waals surface area contributed by atoms with E-state index in [4.69, 9.17) is 5.26 Å². The van der Waals surface area contributed by atoms with Gasteiger partial charge in [-0.2, -0.15) is 5.26 Å². The summed E-state index contributed by atoms with van der Waals surface area (Å²) in [6, 6.07) is 8.07. The molecule has 0 aromatic heterocycles. The Kier molecular flexibility index (Phi) is 6.48. The van der Waals surface area contributed by atoms with Gasteiger partial charge in [-0.3, -0.25) is 4.79 Å². The van der Waals surface area contributed by atoms with E-state index in [1.807, 2.05) is 52.0 Å². The summed E-state index contributed by atoms with van der Waals surface area (Å²) in [5.74, 6) is -0.377. The van der Waals surface area contributed by atoms with E-state index in [1.165, 1.54) is 6.20 Å². The highest BCUT2D eigenvalue weighted by Crippen LogP contribution is 2.21. The van der Waals surface area contributed by atoms with Gasteiger partial charge in [0.15, 0.2) is 0 Å². The molecule has 0 spiro atoms. The predicted octanol–water partition coefficient (Wildman–Crippen LogP) is 3.29. The summed E-state index contributed by atoms with van der Waals surface area (Å²) in [4.78, 5) is 12.2. The molecular formula is C17H23N3O. The molecule has 1 amide bonds. The van der Waals surface area contributed by atoms with Gasteiger partial charge in [0.1, 0.15) is 11.6 Å². The number of carbonyl (C=O) groups excluding carboxylic acids is 1. The van der Waals surface area contributed by atoms with E-state index >= 15 is 0 Å². The third kappa shape index (κ3) is 4.64. The number of rotatable bonds is 6. The van der Waals surface area contributed by atoms with Crippen LogP contribution in [0.3, 0.4) is 0 Å². The predicted molar refractivity (Wildman–Crippen MR) is 85.8 cm³/mol. The van der Waals surface area contributed by atoms with Gasteiger partial charge >= 0.3 is 0 Å². The van der Waals surface area contributed by atoms with Crippen molar-refractivity contribution in [1.29, 1.82) is 5.26 Å². The van der Waals surface area contributed by atoms with Crippen LogP contribution in [-0.2, 0) is 11.2 Å². The highest BCUT2D eigenvalue weighted by atomic mass is 16.1. The second-order valence-electron chi connectivity index (χ2n) is 5.06. The molecule has 4 heteroatoms. The summed E-state index contributed by atoms with van der Waals surface area (Å²) in [6.07, 6.45) is 3.25. The molecule has 1 aromatic rings. The van der Waals surface area contributed by atoms with Gasteiger partial charge in [0.2, 0.25) is 0 Å². The maximum absolute atomic E-state index is 12.2. The molecule has 0 aliphatic heterocycles. The Balaban J connectivity index is 2.92. The molecule has 21 heavy (non-hydrogen) atoms. The van der Waals surface area contributed by atoms with Gasteiger partial charge in [0.05, 0.1) is 0 Å². The van der Waals surface area contributed by atoms with Crippen LogP contribution in [0, 0.1) is 18.3 Å². The zero-order valence-electron chi connectivity index (χ0n) is 13.2. The molecule has 0 aliphatic rings. The lowest BCUT2D eigenvalue weighted by Gasteiger charge is -2.13. The quantitative estimate of drug-likeness (QED) is 0.622. The van der Waals surface area contributed by atoms with Crippen LogP contribution >= 0.6 is 0 Å². The van der Waals surface area contributed by atoms with Crippen LogP contribution in [0.5, 0.6) is 0 Å². The number of aryl methyl sites for hydroxylation is 2. The molecule has 112 valence electrons. The fourth-order valence-electron chi connectivity index (χ4n) is 1.87. The van der Waals surface area contributed by atoms with Crippen LogP contribution in [0.1, 0.15) is 38.3 Å². The Hall–Kier alpha value is -2.28. The highest BCUT2D eigenvalue weighted by molar-refractivity contribution is 6.07. The van der Waals surface area contributed by atoms with Crippen molar-refractivity contribution in [3.8, 4) is 6.07 Å². The Morgan fingerprint density at radius 1 is 1.43 bits per heavy atom. The minimum Gasteiger partial charge on any atom is -0.387 e. The van der Waals surface area contributed by atoms with Crippen molar-refractivity contribution in [3.63, 3.8) is 0 Å². The van der Waals surface area contributed by atoms with E-state index in [9.17, 15) is 4.79 Å². The van der Waals surface area contributed by atoms with Crippen LogP contribution < -0.4 is 10.6 Å². The lowest BCUT2D eigenvalue weighted by molar-refractivity contribution is -0.112. The first-order chi connectivity index (χ1) is 10.0. The number of hydrogen-bond donors (Lipinski definition) is 2. The van der Waals surface area contributed by atoms with Crippen LogP contribution in [0.15, 0.2) is 30.0 Å². The van der Waals surface area contributed by atoms with E-state index in [0.717, 1.165) is 29.7 Å². The Bertz CT molecular complexity index is 570. The van der Waals surface area contributed by atoms with Gasteiger partial charge in [-0.25, -0.2) is 0 Å². The molecule has 0 aliphatic carbocycles. The SMILES string of the molecule is CCc1cccc(C)c1NC(=O)/C(C#N)=C\NC(C)CC. The van der Waals surface area contributed by atoms with E-state index in [-0.39, 0.29) is 17.5 Å². The summed E-state index contributed by atoms with van der Waals surface area (Å²) in [6.45, 7) is 8.02. The van der Waals surface area contributed by atoms with E-state index in [2.05, 4.69) is 10.6 Å². The minimum atomic E-state index is -0.377. The third-order valence-corrected chi connectivity index (χ3v) is 3.47. The van der Waals surface area contributed by atoms with Gasteiger partial charge < -0.3 is 10.6 Å². The summed E-state index contributed by atoms with van der Waals surface area (Å²) >= 11 is 0. The van der Waals surface area contributed by atoms with Crippen LogP contribution in [0.4, 0.5) is 5.69 Å². The van der Waals surface area contributed by atoms with Gasteiger partial charge in [-0.1, -0.05) is 32.0 Å². The summed E-state index contributed by atoms with van der Waals surface area (Å²) < 4.78 is 0. The van der Waals surface area contributed by atoms with Crippen molar-refractivity contribution in [2.24, 2.45) is 0 Å². The van der Waals surface area contributed by atoms with Crippen molar-refractivity contribution in [3.05, 3.63) is 41.1 Å². The average molecular weight is 285 g/mol. The Labute approximate surface area is 126 Å². The normalized spacial score (nSPS) is 12.4. The largest absolute Gasteiger partial charge is 0.387 e. The molecule has 0 saturated carbocycles. The molecule has 0 radical (unpaired) electrons. The molecule has 0 heterocycles.